The van der Waals surface area contributed by atoms with Gasteiger partial charge in [0.05, 0.1) is 23.7 Å². The van der Waals surface area contributed by atoms with Crippen LogP contribution in [0.1, 0.15) is 29.8 Å². The Labute approximate surface area is 147 Å². The zero-order valence-electron chi connectivity index (χ0n) is 14.0. The van der Waals surface area contributed by atoms with Gasteiger partial charge in [0.1, 0.15) is 11.9 Å². The molecule has 128 valence electrons. The van der Waals surface area contributed by atoms with Crippen molar-refractivity contribution in [3.05, 3.63) is 46.2 Å². The monoisotopic (exact) mass is 347 g/mol. The van der Waals surface area contributed by atoms with Crippen molar-refractivity contribution in [1.82, 2.24) is 15.1 Å². The molecule has 1 saturated heterocycles. The van der Waals surface area contributed by atoms with E-state index in [1.165, 1.54) is 0 Å². The van der Waals surface area contributed by atoms with Crippen molar-refractivity contribution >= 4 is 17.5 Å². The first kappa shape index (κ1) is 16.8. The van der Waals surface area contributed by atoms with E-state index in [1.54, 1.807) is 0 Å². The summed E-state index contributed by atoms with van der Waals surface area (Å²) in [5, 5.41) is 7.69. The summed E-state index contributed by atoms with van der Waals surface area (Å²) >= 11 is 6.16. The lowest BCUT2D eigenvalue weighted by Gasteiger charge is -2.33. The molecule has 3 rings (SSSR count). The number of rotatable bonds is 4. The molecule has 5 nitrogen and oxygen atoms in total. The number of nitrogens with zero attached hydrogens (tertiary/aromatic N) is 2. The minimum atomic E-state index is -0.0193. The highest BCUT2D eigenvalue weighted by atomic mass is 35.5. The largest absolute Gasteiger partial charge is 0.487 e. The van der Waals surface area contributed by atoms with Crippen LogP contribution in [0.4, 0.5) is 0 Å². The van der Waals surface area contributed by atoms with Crippen LogP contribution < -0.4 is 4.74 Å². The van der Waals surface area contributed by atoms with Crippen LogP contribution in [0.2, 0.25) is 5.02 Å². The lowest BCUT2D eigenvalue weighted by molar-refractivity contribution is -0.133. The van der Waals surface area contributed by atoms with Gasteiger partial charge >= 0.3 is 0 Å². The molecule has 1 aliphatic rings. The molecule has 1 aromatic carbocycles. The standard InChI is InChI=1S/C18H22ClN3O2/c1-12-15(13(2)21-20-12)10-18(23)22-9-5-6-14(11-22)24-17-8-4-3-7-16(17)19/h3-4,7-8,14H,5-6,9-11H2,1-2H3,(H,20,21)/t14-/m1/s1. The molecule has 0 aliphatic carbocycles. The molecule has 24 heavy (non-hydrogen) atoms. The molecule has 0 bridgehead atoms. The number of piperidine rings is 1. The van der Waals surface area contributed by atoms with Crippen LogP contribution in [0.25, 0.3) is 0 Å². The fourth-order valence-electron chi connectivity index (χ4n) is 3.08. The number of aromatic amines is 1. The zero-order valence-corrected chi connectivity index (χ0v) is 14.8. The predicted molar refractivity (Wildman–Crippen MR) is 93.4 cm³/mol. The minimum Gasteiger partial charge on any atom is -0.487 e. The summed E-state index contributed by atoms with van der Waals surface area (Å²) in [6.45, 7) is 5.24. The van der Waals surface area contributed by atoms with Gasteiger partial charge in [-0.3, -0.25) is 9.89 Å². The fraction of sp³-hybridized carbons (Fsp3) is 0.444. The van der Waals surface area contributed by atoms with Gasteiger partial charge in [-0.15, -0.1) is 0 Å². The highest BCUT2D eigenvalue weighted by Gasteiger charge is 2.26. The molecule has 1 aromatic heterocycles. The van der Waals surface area contributed by atoms with Gasteiger partial charge < -0.3 is 9.64 Å². The number of carbonyl (C=O) groups excluding carboxylic acids is 1. The van der Waals surface area contributed by atoms with E-state index in [-0.39, 0.29) is 12.0 Å². The number of hydrogen-bond acceptors (Lipinski definition) is 3. The highest BCUT2D eigenvalue weighted by Crippen LogP contribution is 2.26. The Morgan fingerprint density at radius 3 is 2.92 bits per heavy atom. The van der Waals surface area contributed by atoms with E-state index < -0.39 is 0 Å². The molecule has 1 atom stereocenters. The number of para-hydroxylation sites is 1. The van der Waals surface area contributed by atoms with E-state index in [2.05, 4.69) is 10.2 Å². The summed E-state index contributed by atoms with van der Waals surface area (Å²) in [6, 6.07) is 7.45. The number of ether oxygens (including phenoxy) is 1. The van der Waals surface area contributed by atoms with Crippen molar-refractivity contribution in [2.75, 3.05) is 13.1 Å². The molecule has 6 heteroatoms. The Balaban J connectivity index is 1.63. The number of amides is 1. The van der Waals surface area contributed by atoms with Gasteiger partial charge in [0.2, 0.25) is 5.91 Å². The molecule has 2 heterocycles. The molecule has 1 fully saturated rings. The molecule has 1 aliphatic heterocycles. The zero-order chi connectivity index (χ0) is 17.1. The summed E-state index contributed by atoms with van der Waals surface area (Å²) in [4.78, 5) is 14.5. The smallest absolute Gasteiger partial charge is 0.227 e. The van der Waals surface area contributed by atoms with E-state index in [1.807, 2.05) is 43.0 Å². The van der Waals surface area contributed by atoms with E-state index in [4.69, 9.17) is 16.3 Å². The molecule has 0 saturated carbocycles. The fourth-order valence-corrected chi connectivity index (χ4v) is 3.26. The molecule has 0 spiro atoms. The lowest BCUT2D eigenvalue weighted by Crippen LogP contribution is -2.45. The third-order valence-electron chi connectivity index (χ3n) is 4.47. The van der Waals surface area contributed by atoms with Crippen molar-refractivity contribution < 1.29 is 9.53 Å². The molecule has 1 amide bonds. The Kier molecular flexibility index (Phi) is 5.09. The number of aromatic nitrogens is 2. The summed E-state index contributed by atoms with van der Waals surface area (Å²) in [5.41, 5.74) is 2.84. The number of likely N-dealkylation sites (tertiary alicyclic amines) is 1. The topological polar surface area (TPSA) is 58.2 Å². The van der Waals surface area contributed by atoms with Gasteiger partial charge in [-0.1, -0.05) is 23.7 Å². The van der Waals surface area contributed by atoms with Crippen molar-refractivity contribution in [2.45, 2.75) is 39.2 Å². The third kappa shape index (κ3) is 3.73. The summed E-state index contributed by atoms with van der Waals surface area (Å²) in [6.07, 6.45) is 2.23. The van der Waals surface area contributed by atoms with Gasteiger partial charge in [0.25, 0.3) is 0 Å². The van der Waals surface area contributed by atoms with Crippen LogP contribution in [0.15, 0.2) is 24.3 Å². The van der Waals surface area contributed by atoms with E-state index >= 15 is 0 Å². The second-order valence-electron chi connectivity index (χ2n) is 6.24. The molecule has 0 unspecified atom stereocenters. The van der Waals surface area contributed by atoms with Crippen molar-refractivity contribution in [3.8, 4) is 5.75 Å². The van der Waals surface area contributed by atoms with Crippen LogP contribution in [-0.4, -0.2) is 40.2 Å². The van der Waals surface area contributed by atoms with Gasteiger partial charge in [0.15, 0.2) is 0 Å². The molecule has 2 aromatic rings. The van der Waals surface area contributed by atoms with Gasteiger partial charge in [-0.2, -0.15) is 5.10 Å². The molecule has 0 radical (unpaired) electrons. The van der Waals surface area contributed by atoms with E-state index in [9.17, 15) is 4.79 Å². The number of benzene rings is 1. The quantitative estimate of drug-likeness (QED) is 0.923. The number of hydrogen-bond donors (Lipinski definition) is 1. The number of H-pyrrole nitrogens is 1. The Bertz CT molecular complexity index is 709. The summed E-state index contributed by atoms with van der Waals surface area (Å²) < 4.78 is 6.00. The predicted octanol–water partition coefficient (Wildman–Crippen LogP) is 3.29. The highest BCUT2D eigenvalue weighted by molar-refractivity contribution is 6.32. The van der Waals surface area contributed by atoms with Gasteiger partial charge in [-0.25, -0.2) is 0 Å². The maximum absolute atomic E-state index is 12.6. The average molecular weight is 348 g/mol. The second-order valence-corrected chi connectivity index (χ2v) is 6.65. The average Bonchev–Trinajstić information content (AvgIpc) is 2.89. The normalized spacial score (nSPS) is 17.8. The molecular formula is C18H22ClN3O2. The van der Waals surface area contributed by atoms with Gasteiger partial charge in [0, 0.05) is 17.8 Å². The number of nitrogens with one attached hydrogen (secondary N) is 1. The van der Waals surface area contributed by atoms with Crippen LogP contribution in [0.3, 0.4) is 0 Å². The summed E-state index contributed by atoms with van der Waals surface area (Å²) in [7, 11) is 0. The van der Waals surface area contributed by atoms with Crippen molar-refractivity contribution in [2.24, 2.45) is 0 Å². The first-order chi connectivity index (χ1) is 11.5. The molecular weight excluding hydrogens is 326 g/mol. The Morgan fingerprint density at radius 1 is 1.42 bits per heavy atom. The third-order valence-corrected chi connectivity index (χ3v) is 4.78. The number of aryl methyl sites for hydroxylation is 2. The summed E-state index contributed by atoms with van der Waals surface area (Å²) in [5.74, 6) is 0.801. The van der Waals surface area contributed by atoms with Crippen molar-refractivity contribution in [1.29, 1.82) is 0 Å². The van der Waals surface area contributed by atoms with Crippen LogP contribution >= 0.6 is 11.6 Å². The number of carbonyl (C=O) groups is 1. The molecule has 1 N–H and O–H groups in total. The van der Waals surface area contributed by atoms with E-state index in [0.29, 0.717) is 23.7 Å². The first-order valence-corrected chi connectivity index (χ1v) is 8.62. The SMILES string of the molecule is Cc1n[nH]c(C)c1CC(=O)N1CCC[C@@H](Oc2ccccc2Cl)C1. The van der Waals surface area contributed by atoms with Crippen molar-refractivity contribution in [3.63, 3.8) is 0 Å². The maximum atomic E-state index is 12.6. The minimum absolute atomic E-state index is 0.0193. The second kappa shape index (κ2) is 7.26. The lowest BCUT2D eigenvalue weighted by atomic mass is 10.1. The van der Waals surface area contributed by atoms with Crippen LogP contribution in [0.5, 0.6) is 5.75 Å². The Hall–Kier alpha value is -2.01. The van der Waals surface area contributed by atoms with Crippen LogP contribution in [-0.2, 0) is 11.2 Å². The van der Waals surface area contributed by atoms with E-state index in [0.717, 1.165) is 36.3 Å². The Morgan fingerprint density at radius 2 is 2.21 bits per heavy atom. The maximum Gasteiger partial charge on any atom is 0.227 e. The first-order valence-electron chi connectivity index (χ1n) is 8.24. The van der Waals surface area contributed by atoms with Crippen LogP contribution in [0, 0.1) is 13.8 Å². The van der Waals surface area contributed by atoms with Gasteiger partial charge in [-0.05, 0) is 38.8 Å². The number of halogens is 1.